The van der Waals surface area contributed by atoms with Crippen LogP contribution in [0, 0.1) is 12.8 Å². The molecule has 1 aliphatic carbocycles. The Morgan fingerprint density at radius 2 is 1.95 bits per heavy atom. The highest BCUT2D eigenvalue weighted by molar-refractivity contribution is 7.99. The van der Waals surface area contributed by atoms with Crippen LogP contribution in [0.4, 0.5) is 35.0 Å². The molecule has 1 saturated carbocycles. The molecule has 13 heteroatoms. The van der Waals surface area contributed by atoms with E-state index in [1.165, 1.54) is 17.8 Å². The minimum absolute atomic E-state index is 0.110. The van der Waals surface area contributed by atoms with Crippen molar-refractivity contribution in [2.75, 3.05) is 23.3 Å². The maximum absolute atomic E-state index is 15.0. The van der Waals surface area contributed by atoms with Gasteiger partial charge in [-0.15, -0.1) is 0 Å². The molecule has 38 heavy (non-hydrogen) atoms. The third-order valence-electron chi connectivity index (χ3n) is 6.71. The van der Waals surface area contributed by atoms with E-state index < -0.39 is 23.9 Å². The molecule has 1 aliphatic heterocycles. The predicted molar refractivity (Wildman–Crippen MR) is 136 cm³/mol. The number of aryl methyl sites for hydroxylation is 1. The summed E-state index contributed by atoms with van der Waals surface area (Å²) in [5, 5.41) is 11.2. The zero-order chi connectivity index (χ0) is 26.7. The summed E-state index contributed by atoms with van der Waals surface area (Å²) in [4.78, 5) is 24.4. The van der Waals surface area contributed by atoms with E-state index in [0.717, 1.165) is 24.7 Å². The minimum Gasteiger partial charge on any atom is -0.350 e. The summed E-state index contributed by atoms with van der Waals surface area (Å²) >= 11 is 1.17. The summed E-state index contributed by atoms with van der Waals surface area (Å²) in [6, 6.07) is 10.0. The molecule has 0 bridgehead atoms. The Labute approximate surface area is 218 Å². The van der Waals surface area contributed by atoms with Gasteiger partial charge in [0.2, 0.25) is 0 Å². The highest BCUT2D eigenvalue weighted by atomic mass is 32.2. The number of halogens is 4. The van der Waals surface area contributed by atoms with Crippen molar-refractivity contribution in [3.63, 3.8) is 0 Å². The number of benzene rings is 1. The number of aromatic amines is 1. The minimum atomic E-state index is -4.51. The number of alkyl halides is 4. The lowest BCUT2D eigenvalue weighted by molar-refractivity contribution is -0.141. The Bertz CT molecular complexity index is 1570. The SMILES string of the molecule is Cc1cc(Nc2cc(N3CC(F)(C4CC4)C3)nc(Sc3ccc4ccn(CC(F)(F)F)c(=O)c4c3)n2)[nH]n1. The van der Waals surface area contributed by atoms with Gasteiger partial charge in [-0.25, -0.2) is 14.4 Å². The van der Waals surface area contributed by atoms with Crippen molar-refractivity contribution in [3.8, 4) is 0 Å². The van der Waals surface area contributed by atoms with Crippen LogP contribution in [0.25, 0.3) is 10.8 Å². The van der Waals surface area contributed by atoms with E-state index in [4.69, 9.17) is 0 Å². The Kier molecular flexibility index (Phi) is 5.85. The van der Waals surface area contributed by atoms with E-state index in [9.17, 15) is 18.0 Å². The number of nitrogens with one attached hydrogen (secondary N) is 2. The van der Waals surface area contributed by atoms with Crippen molar-refractivity contribution >= 4 is 40.0 Å². The number of nitrogens with zero attached hydrogens (tertiary/aromatic N) is 5. The summed E-state index contributed by atoms with van der Waals surface area (Å²) in [7, 11) is 0. The third kappa shape index (κ3) is 5.06. The molecule has 0 spiro atoms. The highest BCUT2D eigenvalue weighted by Gasteiger charge is 2.54. The van der Waals surface area contributed by atoms with E-state index in [1.807, 2.05) is 17.9 Å². The van der Waals surface area contributed by atoms with Crippen molar-refractivity contribution in [2.45, 2.75) is 48.2 Å². The summed E-state index contributed by atoms with van der Waals surface area (Å²) in [6.45, 7) is 1.00. The standard InChI is InChI=1S/C25H23F4N7OS/c1-14-8-20(34-33-14)30-19-10-21(36-11-24(26,12-36)16-3-4-16)32-23(31-19)38-17-5-2-15-6-7-35(13-25(27,28)29)22(37)18(15)9-17/h2,5-10,16H,3-4,11-13H2,1H3,(H2,30,31,32,33,34). The highest BCUT2D eigenvalue weighted by Crippen LogP contribution is 2.48. The maximum Gasteiger partial charge on any atom is 0.406 e. The molecule has 0 radical (unpaired) electrons. The summed E-state index contributed by atoms with van der Waals surface area (Å²) in [6.07, 6.45) is -1.55. The lowest BCUT2D eigenvalue weighted by Crippen LogP contribution is -2.60. The summed E-state index contributed by atoms with van der Waals surface area (Å²) < 4.78 is 54.4. The summed E-state index contributed by atoms with van der Waals surface area (Å²) in [5.74, 6) is 1.76. The van der Waals surface area contributed by atoms with Gasteiger partial charge in [0.25, 0.3) is 5.56 Å². The van der Waals surface area contributed by atoms with Crippen molar-refractivity contribution in [2.24, 2.45) is 5.92 Å². The van der Waals surface area contributed by atoms with Gasteiger partial charge in [0, 0.05) is 28.6 Å². The molecular weight excluding hydrogens is 522 g/mol. The molecule has 1 saturated heterocycles. The molecule has 2 N–H and O–H groups in total. The van der Waals surface area contributed by atoms with E-state index in [2.05, 4.69) is 25.5 Å². The predicted octanol–water partition coefficient (Wildman–Crippen LogP) is 5.22. The smallest absolute Gasteiger partial charge is 0.350 e. The van der Waals surface area contributed by atoms with E-state index >= 15 is 4.39 Å². The molecule has 0 unspecified atom stereocenters. The van der Waals surface area contributed by atoms with Crippen LogP contribution >= 0.6 is 11.8 Å². The van der Waals surface area contributed by atoms with Crippen LogP contribution in [0.2, 0.25) is 0 Å². The van der Waals surface area contributed by atoms with Crippen LogP contribution in [-0.2, 0) is 6.54 Å². The average molecular weight is 546 g/mol. The summed E-state index contributed by atoms with van der Waals surface area (Å²) in [5.41, 5.74) is -1.13. The topological polar surface area (TPSA) is 91.7 Å². The first kappa shape index (κ1) is 24.7. The third-order valence-corrected chi connectivity index (χ3v) is 7.56. The molecule has 2 fully saturated rings. The molecule has 4 aromatic rings. The Morgan fingerprint density at radius 1 is 1.16 bits per heavy atom. The number of H-pyrrole nitrogens is 1. The van der Waals surface area contributed by atoms with Gasteiger partial charge in [-0.05, 0) is 61.0 Å². The van der Waals surface area contributed by atoms with Gasteiger partial charge in [0.15, 0.2) is 5.16 Å². The number of pyridine rings is 1. The fourth-order valence-electron chi connectivity index (χ4n) is 4.66. The van der Waals surface area contributed by atoms with Crippen LogP contribution in [-0.4, -0.2) is 49.7 Å². The molecule has 3 aromatic heterocycles. The maximum atomic E-state index is 15.0. The first-order valence-corrected chi connectivity index (χ1v) is 12.9. The molecule has 198 valence electrons. The van der Waals surface area contributed by atoms with Gasteiger partial charge in [0.1, 0.15) is 29.7 Å². The Morgan fingerprint density at radius 3 is 2.63 bits per heavy atom. The molecule has 1 aromatic carbocycles. The normalized spacial score (nSPS) is 17.0. The van der Waals surface area contributed by atoms with Gasteiger partial charge in [-0.3, -0.25) is 9.89 Å². The second-order valence-electron chi connectivity index (χ2n) is 9.82. The van der Waals surface area contributed by atoms with Crippen molar-refractivity contribution in [1.29, 1.82) is 0 Å². The Balaban J connectivity index is 1.31. The zero-order valence-corrected chi connectivity index (χ0v) is 21.0. The van der Waals surface area contributed by atoms with Gasteiger partial charge in [-0.1, -0.05) is 6.07 Å². The molecular formula is C25H23F4N7OS. The lowest BCUT2D eigenvalue weighted by Gasteiger charge is -2.45. The van der Waals surface area contributed by atoms with Crippen LogP contribution in [0.5, 0.6) is 0 Å². The number of anilines is 3. The fourth-order valence-corrected chi connectivity index (χ4v) is 5.47. The molecule has 2 aliphatic rings. The fraction of sp³-hybridized carbons (Fsp3) is 0.360. The largest absolute Gasteiger partial charge is 0.406 e. The number of rotatable bonds is 7. The van der Waals surface area contributed by atoms with Gasteiger partial charge in [-0.2, -0.15) is 18.3 Å². The monoisotopic (exact) mass is 545 g/mol. The molecule has 0 atom stereocenters. The van der Waals surface area contributed by atoms with Gasteiger partial charge < -0.3 is 14.8 Å². The van der Waals surface area contributed by atoms with Gasteiger partial charge >= 0.3 is 6.18 Å². The zero-order valence-electron chi connectivity index (χ0n) is 20.2. The van der Waals surface area contributed by atoms with Crippen LogP contribution in [0.3, 0.4) is 0 Å². The van der Waals surface area contributed by atoms with E-state index in [-0.39, 0.29) is 24.4 Å². The molecule has 0 amide bonds. The van der Waals surface area contributed by atoms with E-state index in [0.29, 0.717) is 37.5 Å². The van der Waals surface area contributed by atoms with Crippen molar-refractivity contribution in [3.05, 3.63) is 58.6 Å². The molecule has 4 heterocycles. The second kappa shape index (κ2) is 9.00. The van der Waals surface area contributed by atoms with Crippen molar-refractivity contribution in [1.82, 2.24) is 24.7 Å². The van der Waals surface area contributed by atoms with Gasteiger partial charge in [0.05, 0.1) is 18.8 Å². The lowest BCUT2D eigenvalue weighted by atomic mass is 9.91. The van der Waals surface area contributed by atoms with Crippen LogP contribution in [0.15, 0.2) is 57.4 Å². The average Bonchev–Trinajstić information content (AvgIpc) is 3.61. The number of hydrogen-bond donors (Lipinski definition) is 2. The number of aromatic nitrogens is 5. The number of hydrogen-bond acceptors (Lipinski definition) is 7. The van der Waals surface area contributed by atoms with E-state index in [1.54, 1.807) is 24.3 Å². The first-order valence-electron chi connectivity index (χ1n) is 12.0. The van der Waals surface area contributed by atoms with Crippen molar-refractivity contribution < 1.29 is 17.6 Å². The quantitative estimate of drug-likeness (QED) is 0.243. The number of fused-ring (bicyclic) bond motifs is 1. The first-order chi connectivity index (χ1) is 18.0. The molecule has 8 nitrogen and oxygen atoms in total. The molecule has 6 rings (SSSR count). The Hall–Kier alpha value is -3.61. The second-order valence-corrected chi connectivity index (χ2v) is 10.9. The van der Waals surface area contributed by atoms with Crippen LogP contribution < -0.4 is 15.8 Å². The van der Waals surface area contributed by atoms with Crippen LogP contribution in [0.1, 0.15) is 18.5 Å².